The van der Waals surface area contributed by atoms with Gasteiger partial charge < -0.3 is 20.6 Å². The second-order valence-electron chi connectivity index (χ2n) is 4.34. The number of hydrogen-bond acceptors (Lipinski definition) is 3. The van der Waals surface area contributed by atoms with Crippen LogP contribution in [0.3, 0.4) is 0 Å². The number of hydrogen-bond donors (Lipinski definition) is 3. The van der Waals surface area contributed by atoms with Gasteiger partial charge in [0.15, 0.2) is 0 Å². The predicted octanol–water partition coefficient (Wildman–Crippen LogP) is 0.263. The van der Waals surface area contributed by atoms with Gasteiger partial charge in [-0.1, -0.05) is 20.3 Å². The number of urea groups is 1. The zero-order chi connectivity index (χ0) is 15.0. The van der Waals surface area contributed by atoms with Gasteiger partial charge in [-0.2, -0.15) is 0 Å². The lowest BCUT2D eigenvalue weighted by atomic mass is 9.99. The molecule has 0 aliphatic carbocycles. The Hall–Kier alpha value is -1.79. The van der Waals surface area contributed by atoms with E-state index in [2.05, 4.69) is 10.6 Å². The molecular weight excluding hydrogens is 250 g/mol. The molecule has 0 fully saturated rings. The molecule has 0 aromatic carbocycles. The number of carbonyl (C=O) groups excluding carboxylic acids is 2. The van der Waals surface area contributed by atoms with Crippen LogP contribution in [-0.4, -0.2) is 54.1 Å². The number of nitrogens with one attached hydrogen (secondary N) is 2. The van der Waals surface area contributed by atoms with Gasteiger partial charge in [0.2, 0.25) is 5.91 Å². The summed E-state index contributed by atoms with van der Waals surface area (Å²) in [4.78, 5) is 35.6. The minimum Gasteiger partial charge on any atom is -0.480 e. The van der Waals surface area contributed by atoms with E-state index in [4.69, 9.17) is 5.11 Å². The number of nitrogens with zero attached hydrogens (tertiary/aromatic N) is 1. The molecule has 0 aromatic rings. The van der Waals surface area contributed by atoms with Crippen molar-refractivity contribution in [1.82, 2.24) is 15.5 Å². The van der Waals surface area contributed by atoms with E-state index in [1.807, 2.05) is 6.92 Å². The number of aliphatic carboxylic acids is 1. The van der Waals surface area contributed by atoms with Gasteiger partial charge >= 0.3 is 12.0 Å². The van der Waals surface area contributed by atoms with E-state index >= 15 is 0 Å². The molecule has 0 saturated carbocycles. The summed E-state index contributed by atoms with van der Waals surface area (Å²) in [5, 5.41) is 14.0. The van der Waals surface area contributed by atoms with Crippen LogP contribution in [0.15, 0.2) is 0 Å². The minimum atomic E-state index is -1.07. The molecule has 0 bridgehead atoms. The number of carboxylic acid groups (broad SMARTS) is 1. The molecule has 0 saturated heterocycles. The highest BCUT2D eigenvalue weighted by Gasteiger charge is 2.27. The van der Waals surface area contributed by atoms with Crippen molar-refractivity contribution in [3.05, 3.63) is 0 Å². The molecule has 0 heterocycles. The first-order valence-corrected chi connectivity index (χ1v) is 6.36. The van der Waals surface area contributed by atoms with E-state index in [-0.39, 0.29) is 18.4 Å². The Bertz CT molecular complexity index is 333. The molecule has 0 aliphatic heterocycles. The third kappa shape index (κ3) is 5.58. The van der Waals surface area contributed by atoms with Crippen LogP contribution in [0.2, 0.25) is 0 Å². The molecule has 0 aliphatic rings. The standard InChI is InChI=1S/C12H23N3O4/c1-5-8(3)10(11(17)18)14-12(19)15(6-2)7-9(16)13-4/h8,10H,5-7H2,1-4H3,(H,13,16)(H,14,19)(H,17,18). The smallest absolute Gasteiger partial charge is 0.326 e. The summed E-state index contributed by atoms with van der Waals surface area (Å²) in [5.74, 6) is -1.55. The van der Waals surface area contributed by atoms with E-state index in [9.17, 15) is 14.4 Å². The number of carboxylic acids is 1. The van der Waals surface area contributed by atoms with E-state index in [0.29, 0.717) is 13.0 Å². The Balaban J connectivity index is 4.68. The van der Waals surface area contributed by atoms with Gasteiger partial charge in [-0.05, 0) is 12.8 Å². The van der Waals surface area contributed by atoms with E-state index in [1.54, 1.807) is 13.8 Å². The SMILES string of the molecule is CCC(C)C(NC(=O)N(CC)CC(=O)NC)C(=O)O. The Morgan fingerprint density at radius 2 is 1.84 bits per heavy atom. The normalized spacial score (nSPS) is 13.3. The Labute approximate surface area is 113 Å². The van der Waals surface area contributed by atoms with Crippen LogP contribution in [0, 0.1) is 5.92 Å². The number of likely N-dealkylation sites (N-methyl/N-ethyl adjacent to an activating group) is 2. The van der Waals surface area contributed by atoms with Crippen molar-refractivity contribution in [3.63, 3.8) is 0 Å². The third-order valence-corrected chi connectivity index (χ3v) is 3.04. The molecule has 0 spiro atoms. The summed E-state index contributed by atoms with van der Waals surface area (Å²) < 4.78 is 0. The van der Waals surface area contributed by atoms with Crippen molar-refractivity contribution in [2.24, 2.45) is 5.92 Å². The zero-order valence-corrected chi connectivity index (χ0v) is 11.9. The molecule has 7 nitrogen and oxygen atoms in total. The average molecular weight is 273 g/mol. The Morgan fingerprint density at radius 1 is 1.26 bits per heavy atom. The van der Waals surface area contributed by atoms with Crippen molar-refractivity contribution >= 4 is 17.9 Å². The lowest BCUT2D eigenvalue weighted by Gasteiger charge is -2.25. The highest BCUT2D eigenvalue weighted by Crippen LogP contribution is 2.08. The Kier molecular flexibility index (Phi) is 7.55. The number of amides is 3. The molecule has 2 unspecified atom stereocenters. The first-order valence-electron chi connectivity index (χ1n) is 6.36. The molecule has 0 radical (unpaired) electrons. The predicted molar refractivity (Wildman–Crippen MR) is 70.7 cm³/mol. The average Bonchev–Trinajstić information content (AvgIpc) is 2.40. The zero-order valence-electron chi connectivity index (χ0n) is 11.9. The van der Waals surface area contributed by atoms with Crippen molar-refractivity contribution in [2.75, 3.05) is 20.1 Å². The molecule has 2 atom stereocenters. The lowest BCUT2D eigenvalue weighted by molar-refractivity contribution is -0.140. The van der Waals surface area contributed by atoms with Crippen molar-refractivity contribution in [3.8, 4) is 0 Å². The summed E-state index contributed by atoms with van der Waals surface area (Å²) in [5.41, 5.74) is 0. The van der Waals surface area contributed by atoms with Crippen LogP contribution < -0.4 is 10.6 Å². The van der Waals surface area contributed by atoms with Crippen LogP contribution in [0.4, 0.5) is 4.79 Å². The third-order valence-electron chi connectivity index (χ3n) is 3.04. The Morgan fingerprint density at radius 3 is 2.21 bits per heavy atom. The van der Waals surface area contributed by atoms with Gasteiger partial charge in [0.1, 0.15) is 12.6 Å². The van der Waals surface area contributed by atoms with Gasteiger partial charge in [0.25, 0.3) is 0 Å². The maximum absolute atomic E-state index is 11.9. The van der Waals surface area contributed by atoms with Crippen molar-refractivity contribution in [1.29, 1.82) is 0 Å². The molecular formula is C12H23N3O4. The summed E-state index contributed by atoms with van der Waals surface area (Å²) in [6.07, 6.45) is 0.638. The summed E-state index contributed by atoms with van der Waals surface area (Å²) >= 11 is 0. The van der Waals surface area contributed by atoms with Crippen LogP contribution in [0.1, 0.15) is 27.2 Å². The maximum Gasteiger partial charge on any atom is 0.326 e. The molecule has 110 valence electrons. The first-order chi connectivity index (χ1) is 8.87. The minimum absolute atomic E-state index is 0.0916. The monoisotopic (exact) mass is 273 g/mol. The number of carbonyl (C=O) groups is 3. The summed E-state index contributed by atoms with van der Waals surface area (Å²) in [6, 6.07) is -1.49. The molecule has 0 aromatic heterocycles. The fraction of sp³-hybridized carbons (Fsp3) is 0.750. The summed E-state index contributed by atoms with van der Waals surface area (Å²) in [6.45, 7) is 5.57. The largest absolute Gasteiger partial charge is 0.480 e. The maximum atomic E-state index is 11.9. The van der Waals surface area contributed by atoms with Gasteiger partial charge in [0.05, 0.1) is 0 Å². The van der Waals surface area contributed by atoms with E-state index in [1.165, 1.54) is 11.9 Å². The highest BCUT2D eigenvalue weighted by atomic mass is 16.4. The van der Waals surface area contributed by atoms with Gasteiger partial charge in [-0.3, -0.25) is 4.79 Å². The van der Waals surface area contributed by atoms with Crippen LogP contribution >= 0.6 is 0 Å². The molecule has 7 heteroatoms. The summed E-state index contributed by atoms with van der Waals surface area (Å²) in [7, 11) is 1.48. The second kappa shape index (κ2) is 8.34. The fourth-order valence-electron chi connectivity index (χ4n) is 1.49. The fourth-order valence-corrected chi connectivity index (χ4v) is 1.49. The van der Waals surface area contributed by atoms with Gasteiger partial charge in [0, 0.05) is 13.6 Å². The van der Waals surface area contributed by atoms with E-state index < -0.39 is 18.0 Å². The van der Waals surface area contributed by atoms with Gasteiger partial charge in [-0.15, -0.1) is 0 Å². The lowest BCUT2D eigenvalue weighted by Crippen LogP contribution is -2.52. The highest BCUT2D eigenvalue weighted by molar-refractivity contribution is 5.86. The molecule has 0 rings (SSSR count). The molecule has 3 amide bonds. The van der Waals surface area contributed by atoms with Crippen molar-refractivity contribution in [2.45, 2.75) is 33.2 Å². The quantitative estimate of drug-likeness (QED) is 0.619. The van der Waals surface area contributed by atoms with Crippen LogP contribution in [-0.2, 0) is 9.59 Å². The van der Waals surface area contributed by atoms with Crippen LogP contribution in [0.5, 0.6) is 0 Å². The topological polar surface area (TPSA) is 98.7 Å². The van der Waals surface area contributed by atoms with Gasteiger partial charge in [-0.25, -0.2) is 9.59 Å². The van der Waals surface area contributed by atoms with E-state index in [0.717, 1.165) is 0 Å². The molecule has 3 N–H and O–H groups in total. The number of rotatable bonds is 7. The first kappa shape index (κ1) is 17.2. The molecule has 19 heavy (non-hydrogen) atoms. The second-order valence-corrected chi connectivity index (χ2v) is 4.34. The van der Waals surface area contributed by atoms with Crippen molar-refractivity contribution < 1.29 is 19.5 Å². The van der Waals surface area contributed by atoms with Crippen LogP contribution in [0.25, 0.3) is 0 Å².